The third-order valence-electron chi connectivity index (χ3n) is 5.04. The van der Waals surface area contributed by atoms with E-state index in [-0.39, 0.29) is 5.91 Å². The molecule has 0 saturated carbocycles. The number of hydrogen-bond donors (Lipinski definition) is 1. The molecule has 0 spiro atoms. The molecule has 0 aromatic heterocycles. The Morgan fingerprint density at radius 3 is 2.16 bits per heavy atom. The number of carbonyl (C=O) groups is 1. The van der Waals surface area contributed by atoms with Gasteiger partial charge in [-0.2, -0.15) is 0 Å². The number of likely N-dealkylation sites (tertiary alicyclic amines) is 1. The molecular weight excluding hydrogens is 427 g/mol. The van der Waals surface area contributed by atoms with Gasteiger partial charge in [0, 0.05) is 40.9 Å². The lowest BCUT2D eigenvalue weighted by atomic mass is 10.2. The van der Waals surface area contributed by atoms with Gasteiger partial charge in [0.15, 0.2) is 0 Å². The van der Waals surface area contributed by atoms with Gasteiger partial charge in [0.05, 0.1) is 0 Å². The smallest absolute Gasteiger partial charge is 0.253 e. The summed E-state index contributed by atoms with van der Waals surface area (Å²) in [5, 5.41) is 3.31. The molecule has 6 heteroatoms. The van der Waals surface area contributed by atoms with Crippen LogP contribution >= 0.6 is 22.6 Å². The molecular formula is C19H31IN4O. The average molecular weight is 458 g/mol. The van der Waals surface area contributed by atoms with E-state index >= 15 is 0 Å². The first-order valence-electron chi connectivity index (χ1n) is 8.97. The van der Waals surface area contributed by atoms with Gasteiger partial charge >= 0.3 is 0 Å². The molecule has 2 saturated heterocycles. The van der Waals surface area contributed by atoms with Crippen molar-refractivity contribution in [2.45, 2.75) is 24.9 Å². The Morgan fingerprint density at radius 2 is 1.72 bits per heavy atom. The molecule has 5 nitrogen and oxygen atoms in total. The summed E-state index contributed by atoms with van der Waals surface area (Å²) in [6.07, 6.45) is 2.39. The molecule has 2 heterocycles. The molecule has 2 aliphatic rings. The van der Waals surface area contributed by atoms with Gasteiger partial charge in [-0.15, -0.1) is 0 Å². The van der Waals surface area contributed by atoms with Gasteiger partial charge in [0.25, 0.3) is 5.91 Å². The Bertz CT molecular complexity index is 541. The topological polar surface area (TPSA) is 38.8 Å². The molecule has 3 rings (SSSR count). The minimum atomic E-state index is 0.158. The highest BCUT2D eigenvalue weighted by atomic mass is 127. The molecule has 25 heavy (non-hydrogen) atoms. The molecule has 1 aromatic carbocycles. The molecule has 0 radical (unpaired) electrons. The summed E-state index contributed by atoms with van der Waals surface area (Å²) in [6.45, 7) is 4.08. The van der Waals surface area contributed by atoms with E-state index < -0.39 is 0 Å². The van der Waals surface area contributed by atoms with E-state index in [2.05, 4.69) is 65.9 Å². The lowest BCUT2D eigenvalue weighted by Crippen LogP contribution is -2.34. The zero-order chi connectivity index (χ0) is 18.4. The third-order valence-corrected chi connectivity index (χ3v) is 5.76. The fourth-order valence-electron chi connectivity index (χ4n) is 3.20. The second-order valence-corrected chi connectivity index (χ2v) is 8.52. The minimum absolute atomic E-state index is 0.158. The van der Waals surface area contributed by atoms with Crippen molar-refractivity contribution >= 4 is 28.5 Å². The van der Waals surface area contributed by atoms with E-state index in [0.717, 1.165) is 34.7 Å². The van der Waals surface area contributed by atoms with Crippen molar-refractivity contribution in [3.63, 3.8) is 0 Å². The number of rotatable bonds is 3. The Labute approximate surface area is 165 Å². The summed E-state index contributed by atoms with van der Waals surface area (Å²) < 4.78 is 1.16. The molecule has 0 bridgehead atoms. The quantitative estimate of drug-likeness (QED) is 0.704. The zero-order valence-corrected chi connectivity index (χ0v) is 18.0. The molecule has 1 amide bonds. The predicted molar refractivity (Wildman–Crippen MR) is 112 cm³/mol. The Morgan fingerprint density at radius 1 is 1.08 bits per heavy atom. The number of likely N-dealkylation sites (N-methyl/N-ethyl adjacent to an activating group) is 2. The van der Waals surface area contributed by atoms with Crippen molar-refractivity contribution in [1.29, 1.82) is 0 Å². The molecule has 2 aliphatic heterocycles. The van der Waals surface area contributed by atoms with Gasteiger partial charge in [0.2, 0.25) is 0 Å². The number of nitrogens with one attached hydrogen (secondary N) is 1. The Kier molecular flexibility index (Phi) is 8.12. The van der Waals surface area contributed by atoms with Crippen molar-refractivity contribution in [2.75, 3.05) is 54.4 Å². The highest BCUT2D eigenvalue weighted by Gasteiger charge is 2.27. The van der Waals surface area contributed by atoms with Crippen LogP contribution in [0.5, 0.6) is 0 Å². The van der Waals surface area contributed by atoms with E-state index in [1.165, 1.54) is 19.5 Å². The van der Waals surface area contributed by atoms with Crippen LogP contribution in [-0.4, -0.2) is 87.1 Å². The summed E-state index contributed by atoms with van der Waals surface area (Å²) >= 11 is 2.25. The van der Waals surface area contributed by atoms with Crippen LogP contribution in [0, 0.1) is 3.57 Å². The van der Waals surface area contributed by atoms with Gasteiger partial charge in [-0.3, -0.25) is 4.79 Å². The molecule has 2 atom stereocenters. The van der Waals surface area contributed by atoms with Gasteiger partial charge in [-0.05, 0) is 94.4 Å². The first-order valence-corrected chi connectivity index (χ1v) is 10.0. The summed E-state index contributed by atoms with van der Waals surface area (Å²) in [6, 6.07) is 9.07. The zero-order valence-electron chi connectivity index (χ0n) is 15.8. The maximum absolute atomic E-state index is 12.2. The summed E-state index contributed by atoms with van der Waals surface area (Å²) in [5.41, 5.74) is 0.796. The van der Waals surface area contributed by atoms with Crippen LogP contribution in [0.4, 0.5) is 0 Å². The summed E-state index contributed by atoms with van der Waals surface area (Å²) in [7, 11) is 8.42. The summed E-state index contributed by atoms with van der Waals surface area (Å²) in [5.74, 6) is 0.158. The highest BCUT2D eigenvalue weighted by Crippen LogP contribution is 2.17. The molecule has 140 valence electrons. The number of halogens is 1. The fraction of sp³-hybridized carbons (Fsp3) is 0.632. The standard InChI is InChI=1S/C13H17IN2O.C6H14N2/c1-15(2)12-7-8-16(9-12)13(17)10-3-5-11(14)6-4-10;1-8(2)6-3-4-7-5-6/h3-6,12H,7-9H2,1-2H3;6-7H,3-5H2,1-2H3. The van der Waals surface area contributed by atoms with Crippen molar-refractivity contribution in [2.24, 2.45) is 0 Å². The maximum atomic E-state index is 12.2. The van der Waals surface area contributed by atoms with E-state index in [1.54, 1.807) is 0 Å². The van der Waals surface area contributed by atoms with E-state index in [1.807, 2.05) is 29.2 Å². The molecule has 0 aliphatic carbocycles. The third kappa shape index (κ3) is 6.20. The number of amides is 1. The fourth-order valence-corrected chi connectivity index (χ4v) is 3.56. The molecule has 2 fully saturated rings. The molecule has 1 N–H and O–H groups in total. The Balaban J connectivity index is 0.000000236. The van der Waals surface area contributed by atoms with Crippen LogP contribution < -0.4 is 5.32 Å². The van der Waals surface area contributed by atoms with Crippen LogP contribution in [0.25, 0.3) is 0 Å². The Hall–Kier alpha value is -0.700. The van der Waals surface area contributed by atoms with Gasteiger partial charge in [-0.25, -0.2) is 0 Å². The van der Waals surface area contributed by atoms with Crippen LogP contribution in [0.2, 0.25) is 0 Å². The SMILES string of the molecule is CN(C)C1CCN(C(=O)c2ccc(I)cc2)C1.CN(C)C1CCNC1. The average Bonchev–Trinajstić information content (AvgIpc) is 3.27. The number of nitrogens with zero attached hydrogens (tertiary/aromatic N) is 3. The first-order chi connectivity index (χ1) is 11.9. The normalized spacial score (nSPS) is 23.1. The lowest BCUT2D eigenvalue weighted by molar-refractivity contribution is 0.0783. The van der Waals surface area contributed by atoms with Crippen molar-refractivity contribution in [1.82, 2.24) is 20.0 Å². The number of benzene rings is 1. The van der Waals surface area contributed by atoms with Crippen molar-refractivity contribution in [3.05, 3.63) is 33.4 Å². The summed E-state index contributed by atoms with van der Waals surface area (Å²) in [4.78, 5) is 18.7. The number of carbonyl (C=O) groups excluding carboxylic acids is 1. The maximum Gasteiger partial charge on any atom is 0.253 e. The van der Waals surface area contributed by atoms with Crippen molar-refractivity contribution in [3.8, 4) is 0 Å². The second-order valence-electron chi connectivity index (χ2n) is 7.27. The monoisotopic (exact) mass is 458 g/mol. The largest absolute Gasteiger partial charge is 0.337 e. The van der Waals surface area contributed by atoms with Crippen LogP contribution in [-0.2, 0) is 0 Å². The molecule has 2 unspecified atom stereocenters. The molecule has 1 aromatic rings. The highest BCUT2D eigenvalue weighted by molar-refractivity contribution is 14.1. The number of hydrogen-bond acceptors (Lipinski definition) is 4. The van der Waals surface area contributed by atoms with Gasteiger partial charge in [-0.1, -0.05) is 0 Å². The van der Waals surface area contributed by atoms with Crippen LogP contribution in [0.1, 0.15) is 23.2 Å². The van der Waals surface area contributed by atoms with E-state index in [0.29, 0.717) is 6.04 Å². The van der Waals surface area contributed by atoms with Crippen LogP contribution in [0.3, 0.4) is 0 Å². The second kappa shape index (κ2) is 9.85. The predicted octanol–water partition coefficient (Wildman–Crippen LogP) is 1.98. The van der Waals surface area contributed by atoms with E-state index in [4.69, 9.17) is 0 Å². The first kappa shape index (κ1) is 20.6. The van der Waals surface area contributed by atoms with E-state index in [9.17, 15) is 4.79 Å². The lowest BCUT2D eigenvalue weighted by Gasteiger charge is -2.20. The van der Waals surface area contributed by atoms with Gasteiger partial charge < -0.3 is 20.0 Å². The minimum Gasteiger partial charge on any atom is -0.337 e. The van der Waals surface area contributed by atoms with Crippen molar-refractivity contribution < 1.29 is 4.79 Å². The van der Waals surface area contributed by atoms with Crippen LogP contribution in [0.15, 0.2) is 24.3 Å². The van der Waals surface area contributed by atoms with Gasteiger partial charge in [0.1, 0.15) is 0 Å².